The first-order valence-corrected chi connectivity index (χ1v) is 6.90. The fourth-order valence-corrected chi connectivity index (χ4v) is 2.86. The average Bonchev–Trinajstić information content (AvgIpc) is 2.93. The van der Waals surface area contributed by atoms with Crippen LogP contribution in [0, 0.1) is 6.92 Å². The predicted octanol–water partition coefficient (Wildman–Crippen LogP) is 3.83. The number of furan rings is 1. The number of fused-ring (bicyclic) bond motifs is 1. The second-order valence-electron chi connectivity index (χ2n) is 4.80. The summed E-state index contributed by atoms with van der Waals surface area (Å²) in [6.45, 7) is 4.46. The van der Waals surface area contributed by atoms with Crippen LogP contribution in [0.15, 0.2) is 34.9 Å². The van der Waals surface area contributed by atoms with Crippen molar-refractivity contribution in [1.29, 1.82) is 0 Å². The van der Waals surface area contributed by atoms with E-state index < -0.39 is 0 Å². The Bertz CT molecular complexity index is 652. The smallest absolute Gasteiger partial charge is 0.257 e. The number of rotatable bonds is 2. The van der Waals surface area contributed by atoms with Crippen LogP contribution in [-0.2, 0) is 0 Å². The molecule has 2 heterocycles. The molecule has 0 saturated heterocycles. The highest BCUT2D eigenvalue weighted by atomic mass is 35.5. The van der Waals surface area contributed by atoms with E-state index in [1.54, 1.807) is 17.2 Å². The van der Waals surface area contributed by atoms with Gasteiger partial charge in [0.25, 0.3) is 5.91 Å². The van der Waals surface area contributed by atoms with Gasteiger partial charge in [-0.05, 0) is 43.7 Å². The minimum absolute atomic E-state index is 0.0340. The number of anilines is 1. The van der Waals surface area contributed by atoms with Crippen molar-refractivity contribution in [1.82, 2.24) is 4.90 Å². The van der Waals surface area contributed by atoms with Crippen molar-refractivity contribution in [2.75, 3.05) is 11.9 Å². The van der Waals surface area contributed by atoms with Crippen LogP contribution < -0.4 is 5.32 Å². The first-order chi connectivity index (χ1) is 9.61. The number of carbonyl (C=O) groups excluding carboxylic acids is 1. The molecule has 2 aromatic rings. The number of carbonyl (C=O) groups is 1. The van der Waals surface area contributed by atoms with E-state index in [1.165, 1.54) is 0 Å². The van der Waals surface area contributed by atoms with Crippen LogP contribution in [0.1, 0.15) is 34.8 Å². The highest BCUT2D eigenvalue weighted by Crippen LogP contribution is 2.36. The standard InChI is InChI=1S/C15H15ClN2O2/c1-3-18-14(12-5-4-6-20-12)17-13-9(2)7-10(16)8-11(13)15(18)19/h4-8,14,17H,3H2,1-2H3. The number of halogens is 1. The lowest BCUT2D eigenvalue weighted by atomic mass is 10.0. The van der Waals surface area contributed by atoms with E-state index in [1.807, 2.05) is 32.0 Å². The van der Waals surface area contributed by atoms with Gasteiger partial charge in [0.1, 0.15) is 5.76 Å². The molecule has 5 heteroatoms. The largest absolute Gasteiger partial charge is 0.465 e. The molecular weight excluding hydrogens is 276 g/mol. The SMILES string of the molecule is CCN1C(=O)c2cc(Cl)cc(C)c2NC1c1ccco1. The summed E-state index contributed by atoms with van der Waals surface area (Å²) in [4.78, 5) is 14.4. The van der Waals surface area contributed by atoms with Gasteiger partial charge in [-0.1, -0.05) is 11.6 Å². The summed E-state index contributed by atoms with van der Waals surface area (Å²) in [6, 6.07) is 7.24. The van der Waals surface area contributed by atoms with Gasteiger partial charge in [-0.15, -0.1) is 0 Å². The van der Waals surface area contributed by atoms with Gasteiger partial charge in [-0.25, -0.2) is 0 Å². The lowest BCUT2D eigenvalue weighted by molar-refractivity contribution is 0.0675. The Balaban J connectivity index is 2.12. The molecule has 0 spiro atoms. The predicted molar refractivity (Wildman–Crippen MR) is 78.0 cm³/mol. The summed E-state index contributed by atoms with van der Waals surface area (Å²) in [5, 5.41) is 3.95. The van der Waals surface area contributed by atoms with E-state index in [2.05, 4.69) is 5.32 Å². The van der Waals surface area contributed by atoms with Crippen molar-refractivity contribution in [2.24, 2.45) is 0 Å². The highest BCUT2D eigenvalue weighted by Gasteiger charge is 2.34. The monoisotopic (exact) mass is 290 g/mol. The van der Waals surface area contributed by atoms with Gasteiger partial charge in [0.15, 0.2) is 6.17 Å². The van der Waals surface area contributed by atoms with Crippen LogP contribution in [-0.4, -0.2) is 17.4 Å². The van der Waals surface area contributed by atoms with Gasteiger partial charge >= 0.3 is 0 Å². The summed E-state index contributed by atoms with van der Waals surface area (Å²) in [5.74, 6) is 0.688. The molecule has 0 fully saturated rings. The number of aryl methyl sites for hydroxylation is 1. The quantitative estimate of drug-likeness (QED) is 0.914. The number of hydrogen-bond donors (Lipinski definition) is 1. The molecule has 0 radical (unpaired) electrons. The van der Waals surface area contributed by atoms with Gasteiger partial charge in [0.2, 0.25) is 0 Å². The molecule has 1 aromatic heterocycles. The number of amides is 1. The number of nitrogens with one attached hydrogen (secondary N) is 1. The third kappa shape index (κ3) is 1.96. The van der Waals surface area contributed by atoms with Crippen LogP contribution in [0.3, 0.4) is 0 Å². The second kappa shape index (κ2) is 4.87. The van der Waals surface area contributed by atoms with Crippen LogP contribution in [0.25, 0.3) is 0 Å². The average molecular weight is 291 g/mol. The second-order valence-corrected chi connectivity index (χ2v) is 5.24. The summed E-state index contributed by atoms with van der Waals surface area (Å²) in [5.41, 5.74) is 2.39. The normalized spacial score (nSPS) is 17.9. The molecule has 1 aromatic carbocycles. The number of nitrogens with zero attached hydrogens (tertiary/aromatic N) is 1. The minimum Gasteiger partial charge on any atom is -0.465 e. The molecular formula is C15H15ClN2O2. The van der Waals surface area contributed by atoms with Crippen molar-refractivity contribution < 1.29 is 9.21 Å². The van der Waals surface area contributed by atoms with Crippen molar-refractivity contribution in [2.45, 2.75) is 20.0 Å². The number of benzene rings is 1. The molecule has 20 heavy (non-hydrogen) atoms. The van der Waals surface area contributed by atoms with Crippen LogP contribution in [0.2, 0.25) is 5.02 Å². The van der Waals surface area contributed by atoms with Crippen LogP contribution >= 0.6 is 11.6 Å². The first-order valence-electron chi connectivity index (χ1n) is 6.53. The van der Waals surface area contributed by atoms with Gasteiger partial charge in [-0.2, -0.15) is 0 Å². The fraction of sp³-hybridized carbons (Fsp3) is 0.267. The third-order valence-electron chi connectivity index (χ3n) is 3.54. The van der Waals surface area contributed by atoms with Gasteiger partial charge in [0, 0.05) is 11.6 Å². The maximum atomic E-state index is 12.6. The Morgan fingerprint density at radius 3 is 2.90 bits per heavy atom. The molecule has 1 amide bonds. The topological polar surface area (TPSA) is 45.5 Å². The minimum atomic E-state index is -0.283. The molecule has 1 N–H and O–H groups in total. The Morgan fingerprint density at radius 1 is 1.45 bits per heavy atom. The summed E-state index contributed by atoms with van der Waals surface area (Å²) in [7, 11) is 0. The van der Waals surface area contributed by atoms with E-state index in [4.69, 9.17) is 16.0 Å². The van der Waals surface area contributed by atoms with E-state index in [-0.39, 0.29) is 12.1 Å². The third-order valence-corrected chi connectivity index (χ3v) is 3.76. The molecule has 1 aliphatic heterocycles. The Morgan fingerprint density at radius 2 is 2.25 bits per heavy atom. The highest BCUT2D eigenvalue weighted by molar-refractivity contribution is 6.31. The molecule has 104 valence electrons. The lowest BCUT2D eigenvalue weighted by Crippen LogP contribution is -2.42. The molecule has 0 aliphatic carbocycles. The van der Waals surface area contributed by atoms with Crippen molar-refractivity contribution in [3.63, 3.8) is 0 Å². The Hall–Kier alpha value is -1.94. The zero-order valence-corrected chi connectivity index (χ0v) is 12.1. The van der Waals surface area contributed by atoms with Crippen molar-refractivity contribution >= 4 is 23.2 Å². The zero-order valence-electron chi connectivity index (χ0n) is 11.3. The van der Waals surface area contributed by atoms with Gasteiger partial charge in [0.05, 0.1) is 17.5 Å². The maximum absolute atomic E-state index is 12.6. The molecule has 0 bridgehead atoms. The van der Waals surface area contributed by atoms with E-state index >= 15 is 0 Å². The van der Waals surface area contributed by atoms with Crippen molar-refractivity contribution in [3.05, 3.63) is 52.4 Å². The zero-order chi connectivity index (χ0) is 14.3. The van der Waals surface area contributed by atoms with E-state index in [9.17, 15) is 4.79 Å². The summed E-state index contributed by atoms with van der Waals surface area (Å²) >= 11 is 6.06. The lowest BCUT2D eigenvalue weighted by Gasteiger charge is -2.36. The van der Waals surface area contributed by atoms with Crippen molar-refractivity contribution in [3.8, 4) is 0 Å². The summed E-state index contributed by atoms with van der Waals surface area (Å²) in [6.07, 6.45) is 1.33. The van der Waals surface area contributed by atoms with Gasteiger partial charge in [-0.3, -0.25) is 4.79 Å². The first kappa shape index (κ1) is 13.1. The molecule has 4 nitrogen and oxygen atoms in total. The van der Waals surface area contributed by atoms with E-state index in [0.717, 1.165) is 17.0 Å². The van der Waals surface area contributed by atoms with Crippen LogP contribution in [0.5, 0.6) is 0 Å². The fourth-order valence-electron chi connectivity index (χ4n) is 2.59. The van der Waals surface area contributed by atoms with Gasteiger partial charge < -0.3 is 14.6 Å². The Kier molecular flexibility index (Phi) is 3.18. The molecule has 1 atom stereocenters. The Labute approximate surface area is 122 Å². The number of hydrogen-bond acceptors (Lipinski definition) is 3. The molecule has 1 unspecified atom stereocenters. The maximum Gasteiger partial charge on any atom is 0.257 e. The van der Waals surface area contributed by atoms with E-state index in [0.29, 0.717) is 17.1 Å². The van der Waals surface area contributed by atoms with Crippen LogP contribution in [0.4, 0.5) is 5.69 Å². The molecule has 1 aliphatic rings. The molecule has 0 saturated carbocycles. The summed E-state index contributed by atoms with van der Waals surface area (Å²) < 4.78 is 5.45. The molecule has 3 rings (SSSR count).